The summed E-state index contributed by atoms with van der Waals surface area (Å²) in [5.74, 6) is -3.53. The summed E-state index contributed by atoms with van der Waals surface area (Å²) in [6.45, 7) is -0.410. The van der Waals surface area contributed by atoms with Crippen molar-refractivity contribution in [2.24, 2.45) is 11.5 Å². The maximum absolute atomic E-state index is 12.9. The molecule has 0 aliphatic carbocycles. The van der Waals surface area contributed by atoms with Gasteiger partial charge in [0.15, 0.2) is 0 Å². The first kappa shape index (κ1) is 28.4. The number of rotatable bonds is 16. The maximum Gasteiger partial charge on any atom is 0.326 e. The van der Waals surface area contributed by atoms with Crippen molar-refractivity contribution in [1.29, 1.82) is 0 Å². The number of amides is 3. The number of imidazole rings is 2. The lowest BCUT2D eigenvalue weighted by atomic mass is 10.1. The predicted octanol–water partition coefficient (Wildman–Crippen LogP) is -3.09. The van der Waals surface area contributed by atoms with E-state index in [9.17, 15) is 29.4 Å². The average Bonchev–Trinajstić information content (AvgIpc) is 3.55. The summed E-state index contributed by atoms with van der Waals surface area (Å²) in [6, 6.07) is -4.80. The van der Waals surface area contributed by atoms with E-state index in [1.54, 1.807) is 0 Å². The number of H-pyrrole nitrogens is 2. The minimum atomic E-state index is -1.45. The number of aliphatic carboxylic acids is 1. The fraction of sp³-hybridized carbons (Fsp3) is 0.524. The van der Waals surface area contributed by atoms with Gasteiger partial charge in [-0.2, -0.15) is 0 Å². The Morgan fingerprint density at radius 1 is 0.861 bits per heavy atom. The van der Waals surface area contributed by atoms with Gasteiger partial charge < -0.3 is 47.6 Å². The number of unbranched alkanes of at least 4 members (excludes halogenated alkanes) is 1. The van der Waals surface area contributed by atoms with Gasteiger partial charge in [0.05, 0.1) is 25.3 Å². The molecular formula is C21H33N9O6. The molecule has 2 rings (SSSR count). The van der Waals surface area contributed by atoms with Gasteiger partial charge in [-0.1, -0.05) is 0 Å². The van der Waals surface area contributed by atoms with Crippen LogP contribution in [0.15, 0.2) is 25.0 Å². The fourth-order valence-corrected chi connectivity index (χ4v) is 3.32. The van der Waals surface area contributed by atoms with Crippen molar-refractivity contribution >= 4 is 23.7 Å². The third kappa shape index (κ3) is 9.09. The van der Waals surface area contributed by atoms with Gasteiger partial charge in [0.25, 0.3) is 0 Å². The molecule has 2 aromatic heterocycles. The van der Waals surface area contributed by atoms with Gasteiger partial charge in [0.1, 0.15) is 18.1 Å². The second-order valence-corrected chi connectivity index (χ2v) is 8.16. The molecule has 0 bridgehead atoms. The Morgan fingerprint density at radius 3 is 1.94 bits per heavy atom. The molecule has 3 amide bonds. The molecule has 4 atom stereocenters. The average molecular weight is 508 g/mol. The van der Waals surface area contributed by atoms with E-state index in [1.165, 1.54) is 25.0 Å². The molecule has 0 saturated carbocycles. The van der Waals surface area contributed by atoms with Crippen molar-refractivity contribution in [2.75, 3.05) is 13.2 Å². The van der Waals surface area contributed by atoms with Crippen LogP contribution < -0.4 is 27.4 Å². The molecule has 0 aliphatic rings. The second kappa shape index (κ2) is 14.6. The molecule has 2 aromatic rings. The standard InChI is InChI=1S/C21H33N9O6/c22-4-2-1-3-15(28-18(32)14(23)5-12-7-24-10-26-12)19(33)30-17(9-31)20(34)29-16(21(35)36)6-13-8-25-11-27-13/h7-8,10-11,14-17,31H,1-6,9,22-23H2,(H,24,26)(H,25,27)(H,28,32)(H,29,34)(H,30,33)(H,35,36). The molecular weight excluding hydrogens is 474 g/mol. The number of nitrogens with zero attached hydrogens (tertiary/aromatic N) is 2. The van der Waals surface area contributed by atoms with Crippen LogP contribution in [0, 0.1) is 0 Å². The smallest absolute Gasteiger partial charge is 0.326 e. The summed E-state index contributed by atoms with van der Waals surface area (Å²) in [7, 11) is 0. The Balaban J connectivity index is 2.01. The summed E-state index contributed by atoms with van der Waals surface area (Å²) in [4.78, 5) is 63.0. The van der Waals surface area contributed by atoms with Crippen LogP contribution in [0.1, 0.15) is 30.7 Å². The van der Waals surface area contributed by atoms with Crippen molar-refractivity contribution < 1.29 is 29.4 Å². The number of nitrogens with one attached hydrogen (secondary N) is 5. The van der Waals surface area contributed by atoms with Gasteiger partial charge in [-0.3, -0.25) is 14.4 Å². The Hall–Kier alpha value is -3.82. The van der Waals surface area contributed by atoms with Crippen LogP contribution in [-0.2, 0) is 32.0 Å². The largest absolute Gasteiger partial charge is 0.480 e. The molecule has 11 N–H and O–H groups in total. The first-order valence-corrected chi connectivity index (χ1v) is 11.4. The highest BCUT2D eigenvalue weighted by atomic mass is 16.4. The van der Waals surface area contributed by atoms with E-state index in [-0.39, 0.29) is 19.3 Å². The number of hydrogen-bond acceptors (Lipinski definition) is 9. The van der Waals surface area contributed by atoms with Crippen LogP contribution in [0.25, 0.3) is 0 Å². The molecule has 0 aromatic carbocycles. The molecule has 36 heavy (non-hydrogen) atoms. The van der Waals surface area contributed by atoms with Crippen LogP contribution in [-0.4, -0.2) is 91.2 Å². The molecule has 2 heterocycles. The molecule has 0 aliphatic heterocycles. The summed E-state index contributed by atoms with van der Waals surface area (Å²) < 4.78 is 0. The fourth-order valence-electron chi connectivity index (χ4n) is 3.32. The third-order valence-corrected chi connectivity index (χ3v) is 5.32. The first-order valence-electron chi connectivity index (χ1n) is 11.4. The van der Waals surface area contributed by atoms with E-state index in [0.29, 0.717) is 30.8 Å². The topological polar surface area (TPSA) is 254 Å². The van der Waals surface area contributed by atoms with Crippen molar-refractivity contribution in [2.45, 2.75) is 56.3 Å². The van der Waals surface area contributed by atoms with Crippen molar-refractivity contribution in [3.05, 3.63) is 36.4 Å². The lowest BCUT2D eigenvalue weighted by molar-refractivity contribution is -0.142. The predicted molar refractivity (Wildman–Crippen MR) is 126 cm³/mol. The molecule has 0 fully saturated rings. The number of carbonyl (C=O) groups excluding carboxylic acids is 3. The molecule has 15 heteroatoms. The number of carboxylic acid groups (broad SMARTS) is 1. The number of aromatic nitrogens is 4. The van der Waals surface area contributed by atoms with Crippen LogP contribution >= 0.6 is 0 Å². The minimum Gasteiger partial charge on any atom is -0.480 e. The molecule has 198 valence electrons. The van der Waals surface area contributed by atoms with Gasteiger partial charge in [-0.25, -0.2) is 14.8 Å². The van der Waals surface area contributed by atoms with Crippen LogP contribution in [0.2, 0.25) is 0 Å². The summed E-state index contributed by atoms with van der Waals surface area (Å²) in [6.07, 6.45) is 7.15. The Kier molecular flexibility index (Phi) is 11.5. The van der Waals surface area contributed by atoms with Crippen molar-refractivity contribution in [3.8, 4) is 0 Å². The van der Waals surface area contributed by atoms with Gasteiger partial charge in [0, 0.05) is 36.6 Å². The lowest BCUT2D eigenvalue weighted by Crippen LogP contribution is -2.58. The number of carboxylic acids is 1. The lowest BCUT2D eigenvalue weighted by Gasteiger charge is -2.24. The highest BCUT2D eigenvalue weighted by molar-refractivity contribution is 5.94. The number of hydrogen-bond donors (Lipinski definition) is 9. The summed E-state index contributed by atoms with van der Waals surface area (Å²) >= 11 is 0. The van der Waals surface area contributed by atoms with Gasteiger partial charge in [-0.15, -0.1) is 0 Å². The third-order valence-electron chi connectivity index (χ3n) is 5.32. The van der Waals surface area contributed by atoms with E-state index in [2.05, 4.69) is 35.9 Å². The van der Waals surface area contributed by atoms with Gasteiger partial charge in [0.2, 0.25) is 17.7 Å². The number of carbonyl (C=O) groups is 4. The first-order chi connectivity index (χ1) is 17.2. The van der Waals surface area contributed by atoms with E-state index in [1.807, 2.05) is 0 Å². The highest BCUT2D eigenvalue weighted by Gasteiger charge is 2.30. The number of nitrogens with two attached hydrogens (primary N) is 2. The van der Waals surface area contributed by atoms with Crippen molar-refractivity contribution in [1.82, 2.24) is 35.9 Å². The highest BCUT2D eigenvalue weighted by Crippen LogP contribution is 2.05. The zero-order chi connectivity index (χ0) is 26.5. The molecule has 0 spiro atoms. The SMILES string of the molecule is NCCCCC(NC(=O)C(N)Cc1cnc[nH]1)C(=O)NC(CO)C(=O)NC(Cc1cnc[nH]1)C(=O)O. The molecule has 0 radical (unpaired) electrons. The quantitative estimate of drug-likeness (QED) is 0.103. The Labute approximate surface area is 206 Å². The summed E-state index contributed by atoms with van der Waals surface area (Å²) in [5.41, 5.74) is 12.6. The monoisotopic (exact) mass is 507 g/mol. The van der Waals surface area contributed by atoms with Gasteiger partial charge in [-0.05, 0) is 25.8 Å². The number of aliphatic hydroxyl groups is 1. The van der Waals surface area contributed by atoms with E-state index < -0.39 is 54.5 Å². The molecule has 15 nitrogen and oxygen atoms in total. The van der Waals surface area contributed by atoms with Crippen LogP contribution in [0.3, 0.4) is 0 Å². The van der Waals surface area contributed by atoms with E-state index in [0.717, 1.165) is 0 Å². The van der Waals surface area contributed by atoms with Gasteiger partial charge >= 0.3 is 5.97 Å². The number of aliphatic hydroxyl groups excluding tert-OH is 1. The zero-order valence-corrected chi connectivity index (χ0v) is 19.6. The zero-order valence-electron chi connectivity index (χ0n) is 19.6. The Morgan fingerprint density at radius 2 is 1.42 bits per heavy atom. The van der Waals surface area contributed by atoms with Crippen LogP contribution in [0.4, 0.5) is 0 Å². The molecule has 0 saturated heterocycles. The Bertz CT molecular complexity index is 967. The van der Waals surface area contributed by atoms with Crippen LogP contribution in [0.5, 0.6) is 0 Å². The van der Waals surface area contributed by atoms with E-state index >= 15 is 0 Å². The van der Waals surface area contributed by atoms with Crippen molar-refractivity contribution in [3.63, 3.8) is 0 Å². The normalized spacial score (nSPS) is 14.3. The molecule has 4 unspecified atom stereocenters. The maximum atomic E-state index is 12.9. The number of aromatic amines is 2. The second-order valence-electron chi connectivity index (χ2n) is 8.16. The van der Waals surface area contributed by atoms with E-state index in [4.69, 9.17) is 11.5 Å². The minimum absolute atomic E-state index is 0.0842. The summed E-state index contributed by atoms with van der Waals surface area (Å²) in [5, 5.41) is 26.4.